The van der Waals surface area contributed by atoms with Crippen molar-refractivity contribution in [2.45, 2.75) is 38.3 Å². The number of hydrogen-bond acceptors (Lipinski definition) is 3. The molecule has 1 saturated carbocycles. The van der Waals surface area contributed by atoms with E-state index in [4.69, 9.17) is 0 Å². The zero-order valence-electron chi connectivity index (χ0n) is 13.0. The maximum atomic E-state index is 9.34. The number of aliphatic hydroxyl groups is 1. The van der Waals surface area contributed by atoms with E-state index in [-0.39, 0.29) is 6.10 Å². The molecule has 0 saturated heterocycles. The van der Waals surface area contributed by atoms with E-state index in [9.17, 15) is 5.11 Å². The summed E-state index contributed by atoms with van der Waals surface area (Å²) in [5.41, 5.74) is 2.76. The quantitative estimate of drug-likeness (QED) is 0.802. The van der Waals surface area contributed by atoms with E-state index in [1.165, 1.54) is 11.1 Å². The van der Waals surface area contributed by atoms with Crippen LogP contribution < -0.4 is 5.32 Å². The predicted octanol–water partition coefficient (Wildman–Crippen LogP) is 2.35. The minimum absolute atomic E-state index is 0.0366. The molecule has 20 heavy (non-hydrogen) atoms. The van der Waals surface area contributed by atoms with Crippen molar-refractivity contribution < 1.29 is 5.11 Å². The molecule has 0 spiro atoms. The second-order valence-corrected chi connectivity index (χ2v) is 6.24. The van der Waals surface area contributed by atoms with Crippen LogP contribution in [0.4, 0.5) is 0 Å². The maximum Gasteiger partial charge on any atom is 0.0546 e. The van der Waals surface area contributed by atoms with E-state index < -0.39 is 0 Å². The molecule has 0 amide bonds. The Morgan fingerprint density at radius 2 is 2.05 bits per heavy atom. The lowest BCUT2D eigenvalue weighted by molar-refractivity contribution is 0.0279. The lowest BCUT2D eigenvalue weighted by Gasteiger charge is -2.34. The summed E-state index contributed by atoms with van der Waals surface area (Å²) in [7, 11) is 4.23. The van der Waals surface area contributed by atoms with Crippen molar-refractivity contribution in [1.82, 2.24) is 10.2 Å². The van der Waals surface area contributed by atoms with Crippen LogP contribution in [0.2, 0.25) is 0 Å². The van der Waals surface area contributed by atoms with E-state index in [0.29, 0.717) is 12.0 Å². The Bertz CT molecular complexity index is 415. The highest BCUT2D eigenvalue weighted by molar-refractivity contribution is 5.28. The molecule has 1 aliphatic rings. The molecule has 1 aromatic carbocycles. The second-order valence-electron chi connectivity index (χ2n) is 6.24. The molecule has 1 aliphatic carbocycles. The number of nitrogens with zero attached hydrogens (tertiary/aromatic N) is 1. The van der Waals surface area contributed by atoms with E-state index in [1.54, 1.807) is 0 Å². The van der Waals surface area contributed by atoms with Gasteiger partial charge in [-0.2, -0.15) is 0 Å². The fraction of sp³-hybridized carbons (Fsp3) is 0.647. The predicted molar refractivity (Wildman–Crippen MR) is 83.8 cm³/mol. The third-order valence-electron chi connectivity index (χ3n) is 4.49. The minimum Gasteiger partial charge on any atom is -0.393 e. The molecule has 0 aromatic heterocycles. The highest BCUT2D eigenvalue weighted by Gasteiger charge is 2.27. The molecule has 2 rings (SSSR count). The molecule has 3 nitrogen and oxygen atoms in total. The molecule has 1 fully saturated rings. The molecular weight excluding hydrogens is 248 g/mol. The Morgan fingerprint density at radius 1 is 1.35 bits per heavy atom. The van der Waals surface area contributed by atoms with Gasteiger partial charge in [0, 0.05) is 12.6 Å². The number of aliphatic hydroxyl groups excluding tert-OH is 1. The van der Waals surface area contributed by atoms with Crippen molar-refractivity contribution in [2.24, 2.45) is 5.92 Å². The van der Waals surface area contributed by atoms with Crippen LogP contribution in [0.3, 0.4) is 0 Å². The Labute approximate surface area is 123 Å². The molecule has 112 valence electrons. The molecule has 0 aliphatic heterocycles. The first-order chi connectivity index (χ1) is 9.60. The van der Waals surface area contributed by atoms with Gasteiger partial charge in [0.15, 0.2) is 0 Å². The summed E-state index contributed by atoms with van der Waals surface area (Å²) < 4.78 is 0. The third kappa shape index (κ3) is 4.05. The minimum atomic E-state index is -0.0366. The van der Waals surface area contributed by atoms with Crippen LogP contribution in [-0.4, -0.2) is 43.3 Å². The monoisotopic (exact) mass is 276 g/mol. The summed E-state index contributed by atoms with van der Waals surface area (Å²) in [5, 5.41) is 12.8. The molecule has 1 aromatic rings. The van der Waals surface area contributed by atoms with Gasteiger partial charge in [0.1, 0.15) is 0 Å². The van der Waals surface area contributed by atoms with Crippen molar-refractivity contribution in [3.8, 4) is 0 Å². The van der Waals surface area contributed by atoms with Gasteiger partial charge in [-0.05, 0) is 63.9 Å². The van der Waals surface area contributed by atoms with Crippen molar-refractivity contribution >= 4 is 0 Å². The van der Waals surface area contributed by atoms with Crippen LogP contribution in [0.15, 0.2) is 24.3 Å². The lowest BCUT2D eigenvalue weighted by atomic mass is 9.82. The van der Waals surface area contributed by atoms with Gasteiger partial charge in [0.25, 0.3) is 0 Å². The van der Waals surface area contributed by atoms with Crippen molar-refractivity contribution in [1.29, 1.82) is 0 Å². The van der Waals surface area contributed by atoms with Crippen LogP contribution >= 0.6 is 0 Å². The Hall–Kier alpha value is -0.900. The van der Waals surface area contributed by atoms with Crippen LogP contribution in [0.5, 0.6) is 0 Å². The fourth-order valence-electron chi connectivity index (χ4n) is 3.16. The van der Waals surface area contributed by atoms with E-state index in [0.717, 1.165) is 32.4 Å². The zero-order valence-corrected chi connectivity index (χ0v) is 13.0. The van der Waals surface area contributed by atoms with Gasteiger partial charge < -0.3 is 15.3 Å². The number of hydrogen-bond donors (Lipinski definition) is 2. The summed E-state index contributed by atoms with van der Waals surface area (Å²) >= 11 is 0. The van der Waals surface area contributed by atoms with Crippen molar-refractivity contribution in [3.63, 3.8) is 0 Å². The summed E-state index contributed by atoms with van der Waals surface area (Å²) in [4.78, 5) is 2.40. The highest BCUT2D eigenvalue weighted by Crippen LogP contribution is 2.28. The Morgan fingerprint density at radius 3 is 2.65 bits per heavy atom. The van der Waals surface area contributed by atoms with E-state index in [2.05, 4.69) is 48.5 Å². The van der Waals surface area contributed by atoms with Gasteiger partial charge in [0.05, 0.1) is 6.10 Å². The SMILES string of the molecule is CNC(CCN(C)CC1CC(O)C1)c1ccccc1C. The van der Waals surface area contributed by atoms with E-state index in [1.807, 2.05) is 7.05 Å². The zero-order chi connectivity index (χ0) is 14.5. The van der Waals surface area contributed by atoms with Crippen LogP contribution in [0.1, 0.15) is 36.4 Å². The summed E-state index contributed by atoms with van der Waals surface area (Å²) in [5.74, 6) is 0.696. The van der Waals surface area contributed by atoms with Gasteiger partial charge in [0.2, 0.25) is 0 Å². The van der Waals surface area contributed by atoms with Gasteiger partial charge in [-0.15, -0.1) is 0 Å². The molecule has 1 unspecified atom stereocenters. The summed E-state index contributed by atoms with van der Waals surface area (Å²) in [6.45, 7) is 4.38. The number of aryl methyl sites for hydroxylation is 1. The Balaban J connectivity index is 1.80. The first kappa shape index (κ1) is 15.5. The fourth-order valence-corrected chi connectivity index (χ4v) is 3.16. The number of nitrogens with one attached hydrogen (secondary N) is 1. The summed E-state index contributed by atoms with van der Waals surface area (Å²) in [6.07, 6.45) is 3.05. The van der Waals surface area contributed by atoms with Gasteiger partial charge >= 0.3 is 0 Å². The Kier molecular flexibility index (Phi) is 5.58. The molecule has 1 atom stereocenters. The topological polar surface area (TPSA) is 35.5 Å². The highest BCUT2D eigenvalue weighted by atomic mass is 16.3. The smallest absolute Gasteiger partial charge is 0.0546 e. The number of rotatable bonds is 7. The summed E-state index contributed by atoms with van der Waals surface area (Å²) in [6, 6.07) is 9.04. The van der Waals surface area contributed by atoms with Crippen LogP contribution in [0, 0.1) is 12.8 Å². The van der Waals surface area contributed by atoms with Crippen LogP contribution in [-0.2, 0) is 0 Å². The second kappa shape index (κ2) is 7.21. The molecule has 0 radical (unpaired) electrons. The average molecular weight is 276 g/mol. The standard InChI is InChI=1S/C17H28N2O/c1-13-6-4-5-7-16(13)17(18-2)8-9-19(3)12-14-10-15(20)11-14/h4-7,14-15,17-18,20H,8-12H2,1-3H3. The molecule has 3 heteroatoms. The normalized spacial score (nSPS) is 23.6. The number of benzene rings is 1. The maximum absolute atomic E-state index is 9.34. The third-order valence-corrected chi connectivity index (χ3v) is 4.49. The van der Waals surface area contributed by atoms with Gasteiger partial charge in [-0.3, -0.25) is 0 Å². The van der Waals surface area contributed by atoms with Crippen molar-refractivity contribution in [2.75, 3.05) is 27.2 Å². The van der Waals surface area contributed by atoms with Gasteiger partial charge in [-0.25, -0.2) is 0 Å². The molecule has 0 heterocycles. The molecule has 0 bridgehead atoms. The first-order valence-corrected chi connectivity index (χ1v) is 7.69. The largest absolute Gasteiger partial charge is 0.393 e. The van der Waals surface area contributed by atoms with E-state index >= 15 is 0 Å². The molecule has 2 N–H and O–H groups in total. The first-order valence-electron chi connectivity index (χ1n) is 7.69. The van der Waals surface area contributed by atoms with Gasteiger partial charge in [-0.1, -0.05) is 24.3 Å². The van der Waals surface area contributed by atoms with Crippen LogP contribution in [0.25, 0.3) is 0 Å². The lowest BCUT2D eigenvalue weighted by Crippen LogP contribution is -2.38. The molecular formula is C17H28N2O. The average Bonchev–Trinajstić information content (AvgIpc) is 2.39. The van der Waals surface area contributed by atoms with Crippen molar-refractivity contribution in [3.05, 3.63) is 35.4 Å².